The second kappa shape index (κ2) is 7.44. The fourth-order valence-electron chi connectivity index (χ4n) is 2.92. The van der Waals surface area contributed by atoms with Crippen LogP contribution in [-0.2, 0) is 6.42 Å². The summed E-state index contributed by atoms with van der Waals surface area (Å²) in [6.45, 7) is 12.3. The predicted octanol–water partition coefficient (Wildman–Crippen LogP) is 3.32. The van der Waals surface area contributed by atoms with Crippen LogP contribution in [0.4, 0.5) is 0 Å². The molecule has 1 aliphatic heterocycles. The van der Waals surface area contributed by atoms with E-state index >= 15 is 0 Å². The molecule has 0 amide bonds. The zero-order valence-electron chi connectivity index (χ0n) is 12.8. The number of likely N-dealkylation sites (N-methyl/N-ethyl adjacent to an activating group) is 1. The molecule has 2 heteroatoms. The Morgan fingerprint density at radius 3 is 3.00 bits per heavy atom. The monoisotopic (exact) mass is 270 g/mol. The standard InChI is InChI=1S/C18H26N2/c1-4-15(3)10-12-19-14-18-17-9-7-6-8-16(17)11-13-20(18)5-2/h6-9,18-19H,1,5,10-14H2,2-3H3. The van der Waals surface area contributed by atoms with Gasteiger partial charge in [0.05, 0.1) is 0 Å². The molecule has 1 aromatic rings. The third-order valence-electron chi connectivity index (χ3n) is 4.25. The first kappa shape index (κ1) is 15.1. The highest BCUT2D eigenvalue weighted by Crippen LogP contribution is 2.28. The van der Waals surface area contributed by atoms with Crippen LogP contribution in [0.15, 0.2) is 42.1 Å². The van der Waals surface area contributed by atoms with E-state index in [9.17, 15) is 0 Å². The van der Waals surface area contributed by atoms with Gasteiger partial charge in [0.15, 0.2) is 0 Å². The molecule has 0 spiro atoms. The van der Waals surface area contributed by atoms with Crippen LogP contribution in [0.25, 0.3) is 0 Å². The van der Waals surface area contributed by atoms with Crippen LogP contribution in [0.5, 0.6) is 0 Å². The van der Waals surface area contributed by atoms with Crippen LogP contribution in [0, 0.1) is 0 Å². The van der Waals surface area contributed by atoms with Crippen molar-refractivity contribution in [1.29, 1.82) is 0 Å². The summed E-state index contributed by atoms with van der Waals surface area (Å²) in [5.74, 6) is 0. The highest BCUT2D eigenvalue weighted by atomic mass is 15.2. The first-order valence-corrected chi connectivity index (χ1v) is 7.64. The van der Waals surface area contributed by atoms with Gasteiger partial charge in [-0.3, -0.25) is 4.90 Å². The summed E-state index contributed by atoms with van der Waals surface area (Å²) >= 11 is 0. The number of rotatable bonds is 6. The van der Waals surface area contributed by atoms with Crippen LogP contribution >= 0.6 is 0 Å². The molecule has 1 N–H and O–H groups in total. The molecule has 1 atom stereocenters. The summed E-state index contributed by atoms with van der Waals surface area (Å²) in [5.41, 5.74) is 7.21. The zero-order chi connectivity index (χ0) is 14.4. The molecule has 1 aromatic carbocycles. The van der Waals surface area contributed by atoms with Gasteiger partial charge in [0.2, 0.25) is 0 Å². The average Bonchev–Trinajstić information content (AvgIpc) is 2.50. The number of hydrogen-bond donors (Lipinski definition) is 1. The number of fused-ring (bicyclic) bond motifs is 1. The van der Waals surface area contributed by atoms with Crippen molar-refractivity contribution < 1.29 is 0 Å². The number of nitrogens with zero attached hydrogens (tertiary/aromatic N) is 1. The lowest BCUT2D eigenvalue weighted by molar-refractivity contribution is 0.191. The minimum Gasteiger partial charge on any atom is -0.314 e. The minimum absolute atomic E-state index is 0.512. The smallest absolute Gasteiger partial charge is 0.0475 e. The molecule has 0 radical (unpaired) electrons. The molecular weight excluding hydrogens is 244 g/mol. The second-order valence-corrected chi connectivity index (χ2v) is 5.50. The molecule has 0 bridgehead atoms. The molecular formula is C18H26N2. The van der Waals surface area contributed by atoms with E-state index in [1.54, 1.807) is 0 Å². The van der Waals surface area contributed by atoms with Gasteiger partial charge < -0.3 is 5.32 Å². The summed E-state index contributed by atoms with van der Waals surface area (Å²) < 4.78 is 0. The van der Waals surface area contributed by atoms with E-state index in [1.807, 2.05) is 0 Å². The Morgan fingerprint density at radius 2 is 2.25 bits per heavy atom. The predicted molar refractivity (Wildman–Crippen MR) is 85.9 cm³/mol. The Labute approximate surface area is 123 Å². The summed E-state index contributed by atoms with van der Waals surface area (Å²) in [6.07, 6.45) is 2.21. The maximum atomic E-state index is 3.69. The van der Waals surface area contributed by atoms with Gasteiger partial charge in [-0.25, -0.2) is 0 Å². The minimum atomic E-state index is 0.512. The van der Waals surface area contributed by atoms with Crippen molar-refractivity contribution in [2.75, 3.05) is 26.2 Å². The van der Waals surface area contributed by atoms with Gasteiger partial charge in [-0.15, -0.1) is 5.73 Å². The van der Waals surface area contributed by atoms with E-state index in [1.165, 1.54) is 29.7 Å². The van der Waals surface area contributed by atoms with Gasteiger partial charge >= 0.3 is 0 Å². The molecule has 2 rings (SSSR count). The molecule has 108 valence electrons. The van der Waals surface area contributed by atoms with Crippen molar-refractivity contribution in [3.05, 3.63) is 53.3 Å². The molecule has 1 unspecified atom stereocenters. The first-order chi connectivity index (χ1) is 9.76. The van der Waals surface area contributed by atoms with E-state index in [0.29, 0.717) is 6.04 Å². The van der Waals surface area contributed by atoms with Crippen molar-refractivity contribution in [2.24, 2.45) is 0 Å². The van der Waals surface area contributed by atoms with Gasteiger partial charge in [0.25, 0.3) is 0 Å². The molecule has 2 nitrogen and oxygen atoms in total. The maximum Gasteiger partial charge on any atom is 0.0475 e. The van der Waals surface area contributed by atoms with Gasteiger partial charge in [0.1, 0.15) is 0 Å². The highest BCUT2D eigenvalue weighted by Gasteiger charge is 2.25. The third kappa shape index (κ3) is 3.61. The molecule has 0 aromatic heterocycles. The number of nitrogens with one attached hydrogen (secondary N) is 1. The Balaban J connectivity index is 1.98. The Kier molecular flexibility index (Phi) is 5.60. The second-order valence-electron chi connectivity index (χ2n) is 5.50. The van der Waals surface area contributed by atoms with Crippen molar-refractivity contribution >= 4 is 0 Å². The van der Waals surface area contributed by atoms with Crippen molar-refractivity contribution in [3.8, 4) is 0 Å². The number of benzene rings is 1. The summed E-state index contributed by atoms with van der Waals surface area (Å²) in [4.78, 5) is 2.57. The molecule has 0 fully saturated rings. The molecule has 0 aliphatic carbocycles. The maximum absolute atomic E-state index is 3.69. The zero-order valence-corrected chi connectivity index (χ0v) is 12.8. The highest BCUT2D eigenvalue weighted by molar-refractivity contribution is 5.32. The lowest BCUT2D eigenvalue weighted by Gasteiger charge is -2.37. The largest absolute Gasteiger partial charge is 0.314 e. The fraction of sp³-hybridized carbons (Fsp3) is 0.500. The quantitative estimate of drug-likeness (QED) is 0.630. The first-order valence-electron chi connectivity index (χ1n) is 7.64. The van der Waals surface area contributed by atoms with Crippen LogP contribution in [-0.4, -0.2) is 31.1 Å². The number of hydrogen-bond acceptors (Lipinski definition) is 2. The van der Waals surface area contributed by atoms with Crippen LogP contribution in [0.3, 0.4) is 0 Å². The van der Waals surface area contributed by atoms with E-state index in [2.05, 4.69) is 60.6 Å². The third-order valence-corrected chi connectivity index (χ3v) is 4.25. The van der Waals surface area contributed by atoms with E-state index < -0.39 is 0 Å². The van der Waals surface area contributed by atoms with Crippen molar-refractivity contribution in [1.82, 2.24) is 10.2 Å². The molecule has 20 heavy (non-hydrogen) atoms. The van der Waals surface area contributed by atoms with E-state index in [-0.39, 0.29) is 0 Å². The Bertz CT molecular complexity index is 486. The van der Waals surface area contributed by atoms with Gasteiger partial charge in [-0.05, 0) is 49.6 Å². The SMILES string of the molecule is C=C=C(C)CCNCC1c2ccccc2CCN1CC. The summed E-state index contributed by atoms with van der Waals surface area (Å²) in [5, 5.41) is 3.60. The fourth-order valence-corrected chi connectivity index (χ4v) is 2.92. The lowest BCUT2D eigenvalue weighted by atomic mass is 9.92. The van der Waals surface area contributed by atoms with Crippen LogP contribution in [0.1, 0.15) is 37.4 Å². The normalized spacial score (nSPS) is 18.4. The summed E-state index contributed by atoms with van der Waals surface area (Å²) in [7, 11) is 0. The van der Waals surface area contributed by atoms with E-state index in [4.69, 9.17) is 0 Å². The molecule has 1 heterocycles. The van der Waals surface area contributed by atoms with E-state index in [0.717, 1.165) is 26.1 Å². The molecule has 0 saturated heterocycles. The average molecular weight is 270 g/mol. The van der Waals surface area contributed by atoms with Crippen molar-refractivity contribution in [3.63, 3.8) is 0 Å². The van der Waals surface area contributed by atoms with Gasteiger partial charge in [0, 0.05) is 19.1 Å². The molecule has 0 saturated carbocycles. The lowest BCUT2D eigenvalue weighted by Crippen LogP contribution is -2.40. The van der Waals surface area contributed by atoms with Gasteiger partial charge in [-0.2, -0.15) is 0 Å². The van der Waals surface area contributed by atoms with Crippen LogP contribution in [0.2, 0.25) is 0 Å². The van der Waals surface area contributed by atoms with Gasteiger partial charge in [-0.1, -0.05) is 37.8 Å². The topological polar surface area (TPSA) is 15.3 Å². The van der Waals surface area contributed by atoms with Crippen LogP contribution < -0.4 is 5.32 Å². The summed E-state index contributed by atoms with van der Waals surface area (Å²) in [6, 6.07) is 9.40. The molecule has 1 aliphatic rings. The Morgan fingerprint density at radius 1 is 1.45 bits per heavy atom. The Hall–Kier alpha value is -1.34. The van der Waals surface area contributed by atoms with Crippen molar-refractivity contribution in [2.45, 2.75) is 32.7 Å².